The quantitative estimate of drug-likeness (QED) is 0.332. The Morgan fingerprint density at radius 3 is 2.51 bits per heavy atom. The molecular formula is C24H32N12O. The van der Waals surface area contributed by atoms with Crippen LogP contribution < -0.4 is 20.9 Å². The maximum Gasteiger partial charge on any atom is 0.254 e. The number of primary amides is 1. The van der Waals surface area contributed by atoms with Crippen molar-refractivity contribution >= 4 is 35.4 Å². The van der Waals surface area contributed by atoms with Crippen LogP contribution in [0, 0.1) is 11.3 Å². The molecule has 3 aromatic heterocycles. The van der Waals surface area contributed by atoms with Gasteiger partial charge in [-0.05, 0) is 43.7 Å². The first-order valence-electron chi connectivity index (χ1n) is 12.8. The Labute approximate surface area is 214 Å². The lowest BCUT2D eigenvalue weighted by atomic mass is 9.93. The predicted octanol–water partition coefficient (Wildman–Crippen LogP) is 2.06. The Morgan fingerprint density at radius 1 is 1.11 bits per heavy atom. The van der Waals surface area contributed by atoms with Gasteiger partial charge in [0, 0.05) is 38.8 Å². The third-order valence-electron chi connectivity index (χ3n) is 7.01. The van der Waals surface area contributed by atoms with Gasteiger partial charge in [-0.1, -0.05) is 18.1 Å². The summed E-state index contributed by atoms with van der Waals surface area (Å²) in [7, 11) is 0. The van der Waals surface area contributed by atoms with Crippen molar-refractivity contribution in [1.29, 1.82) is 5.41 Å². The number of piperidine rings is 1. The summed E-state index contributed by atoms with van der Waals surface area (Å²) in [6.07, 6.45) is 10.1. The predicted molar refractivity (Wildman–Crippen MR) is 139 cm³/mol. The van der Waals surface area contributed by atoms with Crippen LogP contribution >= 0.6 is 0 Å². The van der Waals surface area contributed by atoms with Gasteiger partial charge in [-0.25, -0.2) is 9.97 Å². The highest BCUT2D eigenvalue weighted by molar-refractivity contribution is 6.04. The monoisotopic (exact) mass is 504 g/mol. The van der Waals surface area contributed by atoms with Crippen LogP contribution in [-0.4, -0.2) is 73.9 Å². The number of H-pyrrole nitrogens is 1. The molecule has 0 saturated carbocycles. The molecule has 37 heavy (non-hydrogen) atoms. The van der Waals surface area contributed by atoms with Crippen LogP contribution in [0.2, 0.25) is 0 Å². The molecule has 3 aromatic rings. The van der Waals surface area contributed by atoms with Crippen LogP contribution in [0.1, 0.15) is 60.4 Å². The van der Waals surface area contributed by atoms with E-state index < -0.39 is 5.91 Å². The molecule has 0 spiro atoms. The topological polar surface area (TPSA) is 179 Å². The van der Waals surface area contributed by atoms with Gasteiger partial charge in [-0.2, -0.15) is 10.2 Å². The standard InChI is InChI=1S/C24H32N12O/c25-14-18-21(22(26)37)23(30-24(29-18)36-9-3-1-2-4-10-36)28-17-5-6-20(27-15-17)35-11-7-16(8-12-35)13-19-31-33-34-32-19/h5-6,14-16,25H,1-4,7-13H2,(H2,26,37)(H,28,29,30)(H,31,32,33,34). The fourth-order valence-corrected chi connectivity index (χ4v) is 4.99. The largest absolute Gasteiger partial charge is 0.365 e. The number of nitrogens with two attached hydrogens (primary N) is 1. The number of anilines is 4. The highest BCUT2D eigenvalue weighted by atomic mass is 16.1. The van der Waals surface area contributed by atoms with Crippen molar-refractivity contribution in [3.05, 3.63) is 35.4 Å². The average molecular weight is 505 g/mol. The summed E-state index contributed by atoms with van der Waals surface area (Å²) >= 11 is 0. The van der Waals surface area contributed by atoms with E-state index in [1.165, 1.54) is 12.8 Å². The second kappa shape index (κ2) is 11.3. The van der Waals surface area contributed by atoms with Crippen LogP contribution in [0.15, 0.2) is 18.3 Å². The van der Waals surface area contributed by atoms with E-state index in [9.17, 15) is 4.79 Å². The normalized spacial score (nSPS) is 16.9. The molecule has 0 radical (unpaired) electrons. The van der Waals surface area contributed by atoms with Crippen molar-refractivity contribution in [3.8, 4) is 0 Å². The van der Waals surface area contributed by atoms with Gasteiger partial charge in [0.15, 0.2) is 5.82 Å². The minimum atomic E-state index is -0.684. The van der Waals surface area contributed by atoms with Gasteiger partial charge in [-0.3, -0.25) is 4.79 Å². The molecule has 0 bridgehead atoms. The number of rotatable bonds is 8. The summed E-state index contributed by atoms with van der Waals surface area (Å²) in [5.41, 5.74) is 6.64. The number of pyridine rings is 1. The molecule has 13 nitrogen and oxygen atoms in total. The number of hydrogen-bond donors (Lipinski definition) is 4. The van der Waals surface area contributed by atoms with Crippen LogP contribution in [0.3, 0.4) is 0 Å². The molecular weight excluding hydrogens is 472 g/mol. The Balaban J connectivity index is 1.30. The number of amides is 1. The van der Waals surface area contributed by atoms with Gasteiger partial charge in [-0.15, -0.1) is 10.2 Å². The number of aromatic nitrogens is 7. The SMILES string of the molecule is N=Cc1nc(N2CCCCCC2)nc(Nc2ccc(N3CCC(Cc4nn[nH]n4)CC3)nc2)c1C(N)=O. The maximum atomic E-state index is 12.3. The average Bonchev–Trinajstić information content (AvgIpc) is 3.27. The molecule has 2 saturated heterocycles. The zero-order chi connectivity index (χ0) is 25.6. The van der Waals surface area contributed by atoms with Gasteiger partial charge in [0.2, 0.25) is 5.95 Å². The van der Waals surface area contributed by atoms with Crippen LogP contribution in [0.5, 0.6) is 0 Å². The smallest absolute Gasteiger partial charge is 0.254 e. The number of carbonyl (C=O) groups is 1. The summed E-state index contributed by atoms with van der Waals surface area (Å²) < 4.78 is 0. The Kier molecular flexibility index (Phi) is 7.47. The summed E-state index contributed by atoms with van der Waals surface area (Å²) in [5, 5.41) is 25.3. The van der Waals surface area contributed by atoms with Crippen LogP contribution in [0.4, 0.5) is 23.3 Å². The minimum Gasteiger partial charge on any atom is -0.365 e. The van der Waals surface area contributed by atoms with Crippen molar-refractivity contribution in [1.82, 2.24) is 35.6 Å². The highest BCUT2D eigenvalue weighted by Crippen LogP contribution is 2.27. The van der Waals surface area contributed by atoms with E-state index in [2.05, 4.69) is 50.7 Å². The molecule has 5 heterocycles. The first-order chi connectivity index (χ1) is 18.1. The van der Waals surface area contributed by atoms with E-state index in [-0.39, 0.29) is 17.1 Å². The second-order valence-corrected chi connectivity index (χ2v) is 9.53. The third kappa shape index (κ3) is 5.81. The molecule has 5 N–H and O–H groups in total. The minimum absolute atomic E-state index is 0.0984. The zero-order valence-electron chi connectivity index (χ0n) is 20.7. The Hall–Kier alpha value is -4.16. The molecule has 0 aliphatic carbocycles. The van der Waals surface area contributed by atoms with E-state index in [0.29, 0.717) is 17.6 Å². The Bertz CT molecular complexity index is 1200. The second-order valence-electron chi connectivity index (χ2n) is 9.53. The number of nitrogens with zero attached hydrogens (tertiary/aromatic N) is 8. The van der Waals surface area contributed by atoms with E-state index in [0.717, 1.165) is 76.1 Å². The maximum absolute atomic E-state index is 12.3. The lowest BCUT2D eigenvalue weighted by molar-refractivity contribution is 0.100. The number of aromatic amines is 1. The van der Waals surface area contributed by atoms with E-state index in [1.807, 2.05) is 12.1 Å². The Morgan fingerprint density at radius 2 is 1.89 bits per heavy atom. The molecule has 2 aliphatic rings. The molecule has 1 amide bonds. The highest BCUT2D eigenvalue weighted by Gasteiger charge is 2.23. The molecule has 0 unspecified atom stereocenters. The number of hydrogen-bond acceptors (Lipinski definition) is 11. The fourth-order valence-electron chi connectivity index (χ4n) is 4.99. The molecule has 2 aliphatic heterocycles. The lowest BCUT2D eigenvalue weighted by Gasteiger charge is -2.32. The number of tetrazole rings is 1. The number of carbonyl (C=O) groups excluding carboxylic acids is 1. The molecule has 0 aromatic carbocycles. The lowest BCUT2D eigenvalue weighted by Crippen LogP contribution is -2.34. The van der Waals surface area contributed by atoms with E-state index in [1.54, 1.807) is 6.20 Å². The van der Waals surface area contributed by atoms with Crippen molar-refractivity contribution in [3.63, 3.8) is 0 Å². The van der Waals surface area contributed by atoms with Gasteiger partial charge < -0.3 is 26.3 Å². The summed E-state index contributed by atoms with van der Waals surface area (Å²) in [6.45, 7) is 3.49. The molecule has 13 heteroatoms. The van der Waals surface area contributed by atoms with Crippen molar-refractivity contribution in [2.45, 2.75) is 44.9 Å². The van der Waals surface area contributed by atoms with Gasteiger partial charge >= 0.3 is 0 Å². The first-order valence-corrected chi connectivity index (χ1v) is 12.8. The summed E-state index contributed by atoms with van der Waals surface area (Å²) in [5.74, 6) is 2.29. The third-order valence-corrected chi connectivity index (χ3v) is 7.01. The molecule has 0 atom stereocenters. The zero-order valence-corrected chi connectivity index (χ0v) is 20.7. The van der Waals surface area contributed by atoms with Crippen LogP contribution in [0.25, 0.3) is 0 Å². The summed E-state index contributed by atoms with van der Waals surface area (Å²) in [6, 6.07) is 3.87. The number of nitrogens with one attached hydrogen (secondary N) is 3. The van der Waals surface area contributed by atoms with E-state index in [4.69, 9.17) is 11.1 Å². The van der Waals surface area contributed by atoms with Crippen molar-refractivity contribution in [2.75, 3.05) is 41.3 Å². The van der Waals surface area contributed by atoms with Crippen molar-refractivity contribution < 1.29 is 4.79 Å². The van der Waals surface area contributed by atoms with Gasteiger partial charge in [0.25, 0.3) is 5.91 Å². The van der Waals surface area contributed by atoms with Gasteiger partial charge in [0.05, 0.1) is 11.9 Å². The fraction of sp³-hybridized carbons (Fsp3) is 0.500. The molecule has 194 valence electrons. The van der Waals surface area contributed by atoms with Crippen molar-refractivity contribution in [2.24, 2.45) is 11.7 Å². The molecule has 2 fully saturated rings. The molecule has 5 rings (SSSR count). The first kappa shape index (κ1) is 24.5. The van der Waals surface area contributed by atoms with Crippen LogP contribution in [-0.2, 0) is 6.42 Å². The summed E-state index contributed by atoms with van der Waals surface area (Å²) in [4.78, 5) is 30.4. The van der Waals surface area contributed by atoms with E-state index >= 15 is 0 Å². The van der Waals surface area contributed by atoms with Gasteiger partial charge in [0.1, 0.15) is 22.9 Å².